The molecule has 12 heavy (non-hydrogen) atoms. The van der Waals surface area contributed by atoms with Crippen LogP contribution in [0, 0.1) is 0 Å². The van der Waals surface area contributed by atoms with Crippen LogP contribution in [0.3, 0.4) is 0 Å². The molecule has 2 N–H and O–H groups in total. The van der Waals surface area contributed by atoms with Crippen LogP contribution in [0.4, 0.5) is 0 Å². The van der Waals surface area contributed by atoms with E-state index in [9.17, 15) is 9.59 Å². The maximum Gasteiger partial charge on any atom is 0.242 e. The fraction of sp³-hybridized carbons (Fsp3) is 0.143. The number of carbonyl (C=O) groups excluding carboxylic acids is 2. The molecule has 0 aromatic rings. The lowest BCUT2D eigenvalue weighted by molar-refractivity contribution is -0.119. The first kappa shape index (κ1) is 8.80. The smallest absolute Gasteiger partial charge is 0.242 e. The number of carbonyl (C=O) groups is 2. The minimum atomic E-state index is -0.925. The molecule has 0 spiro atoms. The molecule has 0 atom stereocenters. The molecule has 0 aromatic heterocycles. The summed E-state index contributed by atoms with van der Waals surface area (Å²) in [5.74, 6) is -3.26. The second-order valence-electron chi connectivity index (χ2n) is 2.29. The fourth-order valence-corrected chi connectivity index (χ4v) is 0.942. The second kappa shape index (κ2) is 2.64. The molecule has 0 saturated heterocycles. The quantitative estimate of drug-likeness (QED) is 0.556. The van der Waals surface area contributed by atoms with E-state index in [2.05, 4.69) is 0 Å². The van der Waals surface area contributed by atoms with Crippen molar-refractivity contribution in [2.45, 2.75) is 6.92 Å². The van der Waals surface area contributed by atoms with Gasteiger partial charge in [-0.05, 0) is 6.92 Å². The molecule has 0 bridgehead atoms. The molecular weight excluding hydrogens is 184 g/mol. The summed E-state index contributed by atoms with van der Waals surface area (Å²) in [6.07, 6.45) is 0. The van der Waals surface area contributed by atoms with Crippen LogP contribution >= 0.6 is 11.6 Å². The largest absolute Gasteiger partial charge is 0.504 e. The summed E-state index contributed by atoms with van der Waals surface area (Å²) in [5, 5.41) is 17.3. The molecule has 0 aromatic carbocycles. The molecule has 0 radical (unpaired) electrons. The van der Waals surface area contributed by atoms with Gasteiger partial charge >= 0.3 is 0 Å². The fourth-order valence-electron chi connectivity index (χ4n) is 0.767. The highest BCUT2D eigenvalue weighted by Crippen LogP contribution is 2.23. The minimum absolute atomic E-state index is 0.193. The van der Waals surface area contributed by atoms with E-state index < -0.39 is 28.1 Å². The van der Waals surface area contributed by atoms with Crippen molar-refractivity contribution in [3.05, 3.63) is 22.1 Å². The van der Waals surface area contributed by atoms with Gasteiger partial charge in [-0.3, -0.25) is 9.59 Å². The van der Waals surface area contributed by atoms with Crippen LogP contribution < -0.4 is 0 Å². The van der Waals surface area contributed by atoms with E-state index in [1.54, 1.807) is 0 Å². The van der Waals surface area contributed by atoms with Gasteiger partial charge < -0.3 is 10.2 Å². The Kier molecular flexibility index (Phi) is 1.94. The van der Waals surface area contributed by atoms with E-state index in [1.165, 1.54) is 6.92 Å². The standard InChI is InChI=1S/C7H5ClO4/c1-2-4(9)6(11)3(8)7(12)5(2)10/h9,12H,1H3. The molecule has 0 saturated carbocycles. The van der Waals surface area contributed by atoms with Crippen molar-refractivity contribution in [3.63, 3.8) is 0 Å². The molecule has 0 heterocycles. The Labute approximate surface area is 72.8 Å². The Morgan fingerprint density at radius 1 is 1.08 bits per heavy atom. The minimum Gasteiger partial charge on any atom is -0.504 e. The predicted octanol–water partition coefficient (Wildman–Crippen LogP) is 0.979. The molecule has 5 heteroatoms. The molecule has 64 valence electrons. The Morgan fingerprint density at radius 2 is 1.58 bits per heavy atom. The molecule has 1 aliphatic rings. The summed E-state index contributed by atoms with van der Waals surface area (Å²) >= 11 is 5.24. The molecule has 0 amide bonds. The average molecular weight is 189 g/mol. The van der Waals surface area contributed by atoms with Crippen LogP contribution in [0.2, 0.25) is 0 Å². The van der Waals surface area contributed by atoms with E-state index in [-0.39, 0.29) is 5.57 Å². The van der Waals surface area contributed by atoms with Gasteiger partial charge in [0.1, 0.15) is 5.03 Å². The van der Waals surface area contributed by atoms with Crippen molar-refractivity contribution in [2.24, 2.45) is 0 Å². The van der Waals surface area contributed by atoms with Gasteiger partial charge in [-0.2, -0.15) is 0 Å². The van der Waals surface area contributed by atoms with Crippen LogP contribution in [0.25, 0.3) is 0 Å². The Morgan fingerprint density at radius 3 is 2.08 bits per heavy atom. The van der Waals surface area contributed by atoms with E-state index in [4.69, 9.17) is 21.8 Å². The van der Waals surface area contributed by atoms with Crippen LogP contribution in [0.15, 0.2) is 22.1 Å². The molecule has 4 nitrogen and oxygen atoms in total. The van der Waals surface area contributed by atoms with E-state index in [0.717, 1.165) is 0 Å². The molecule has 1 rings (SSSR count). The summed E-state index contributed by atoms with van der Waals surface area (Å²) in [4.78, 5) is 21.8. The lowest BCUT2D eigenvalue weighted by Crippen LogP contribution is -2.20. The summed E-state index contributed by atoms with van der Waals surface area (Å²) in [6, 6.07) is 0. The van der Waals surface area contributed by atoms with Gasteiger partial charge in [0.25, 0.3) is 0 Å². The Hall–Kier alpha value is -1.29. The monoisotopic (exact) mass is 188 g/mol. The first-order chi connectivity index (χ1) is 5.46. The maximum absolute atomic E-state index is 10.9. The highest BCUT2D eigenvalue weighted by atomic mass is 35.5. The van der Waals surface area contributed by atoms with Gasteiger partial charge in [0.05, 0.1) is 0 Å². The predicted molar refractivity (Wildman–Crippen MR) is 40.9 cm³/mol. The first-order valence-electron chi connectivity index (χ1n) is 3.04. The zero-order valence-electron chi connectivity index (χ0n) is 6.09. The van der Waals surface area contributed by atoms with Gasteiger partial charge in [-0.1, -0.05) is 11.6 Å². The molecule has 0 aliphatic heterocycles. The van der Waals surface area contributed by atoms with Gasteiger partial charge in [0, 0.05) is 5.57 Å². The first-order valence-corrected chi connectivity index (χ1v) is 3.42. The number of rotatable bonds is 0. The maximum atomic E-state index is 10.9. The summed E-state index contributed by atoms with van der Waals surface area (Å²) in [7, 11) is 0. The van der Waals surface area contributed by atoms with Crippen molar-refractivity contribution in [1.82, 2.24) is 0 Å². The van der Waals surface area contributed by atoms with Crippen molar-refractivity contribution in [3.8, 4) is 0 Å². The van der Waals surface area contributed by atoms with Crippen molar-refractivity contribution < 1.29 is 19.8 Å². The zero-order chi connectivity index (χ0) is 9.46. The zero-order valence-corrected chi connectivity index (χ0v) is 6.84. The topological polar surface area (TPSA) is 74.6 Å². The van der Waals surface area contributed by atoms with Crippen molar-refractivity contribution in [1.29, 1.82) is 0 Å². The number of ketones is 2. The molecular formula is C7H5ClO4. The highest BCUT2D eigenvalue weighted by Gasteiger charge is 2.31. The third-order valence-corrected chi connectivity index (χ3v) is 1.88. The van der Waals surface area contributed by atoms with E-state index in [1.807, 2.05) is 0 Å². The van der Waals surface area contributed by atoms with E-state index in [0.29, 0.717) is 0 Å². The number of hydrogen-bond acceptors (Lipinski definition) is 4. The van der Waals surface area contributed by atoms with Crippen molar-refractivity contribution in [2.75, 3.05) is 0 Å². The summed E-state index contributed by atoms with van der Waals surface area (Å²) < 4.78 is 0. The molecule has 0 fully saturated rings. The average Bonchev–Trinajstić information content (AvgIpc) is 2.08. The van der Waals surface area contributed by atoms with Gasteiger partial charge in [-0.25, -0.2) is 0 Å². The van der Waals surface area contributed by atoms with Crippen LogP contribution in [0.5, 0.6) is 0 Å². The lowest BCUT2D eigenvalue weighted by Gasteiger charge is -2.10. The van der Waals surface area contributed by atoms with Crippen LogP contribution in [-0.4, -0.2) is 21.8 Å². The number of Topliss-reactive ketones (excluding diaryl/α,β-unsaturated/α-hetero) is 2. The third-order valence-electron chi connectivity index (χ3n) is 1.53. The molecule has 1 aliphatic carbocycles. The number of halogens is 1. The number of allylic oxidation sites excluding steroid dienone is 2. The number of aliphatic hydroxyl groups is 2. The number of aliphatic hydroxyl groups excluding tert-OH is 2. The third kappa shape index (κ3) is 1.00. The van der Waals surface area contributed by atoms with Gasteiger partial charge in [-0.15, -0.1) is 0 Å². The molecule has 0 unspecified atom stereocenters. The van der Waals surface area contributed by atoms with Gasteiger partial charge in [0.2, 0.25) is 11.6 Å². The normalized spacial score (nSPS) is 19.2. The summed E-state index contributed by atoms with van der Waals surface area (Å²) in [6.45, 7) is 1.23. The summed E-state index contributed by atoms with van der Waals surface area (Å²) in [5.41, 5.74) is -0.193. The lowest BCUT2D eigenvalue weighted by atomic mass is 10.0. The SMILES string of the molecule is CC1=C(O)C(=O)C(Cl)=C(O)C1=O. The number of hydrogen-bond donors (Lipinski definition) is 2. The highest BCUT2D eigenvalue weighted by molar-refractivity contribution is 6.48. The Bertz CT molecular complexity index is 275. The van der Waals surface area contributed by atoms with Crippen molar-refractivity contribution >= 4 is 23.2 Å². The van der Waals surface area contributed by atoms with Crippen LogP contribution in [0.1, 0.15) is 6.92 Å². The van der Waals surface area contributed by atoms with Gasteiger partial charge in [0.15, 0.2) is 11.5 Å². The Balaban J connectivity index is 3.32. The second-order valence-corrected chi connectivity index (χ2v) is 2.67. The van der Waals surface area contributed by atoms with E-state index >= 15 is 0 Å². The van der Waals surface area contributed by atoms with Crippen LogP contribution in [-0.2, 0) is 9.59 Å².